The van der Waals surface area contributed by atoms with Gasteiger partial charge in [-0.05, 0) is 78.2 Å². The molecule has 0 bridgehead atoms. The molecule has 44 heavy (non-hydrogen) atoms. The molecular formula is C35H30ClFN4O3. The molecule has 0 amide bonds. The molecule has 6 rings (SSSR count). The van der Waals surface area contributed by atoms with E-state index in [2.05, 4.69) is 10.4 Å². The molecule has 0 saturated carbocycles. The summed E-state index contributed by atoms with van der Waals surface area (Å²) in [5.41, 5.74) is 3.88. The first-order valence-corrected chi connectivity index (χ1v) is 14.7. The normalized spacial score (nSPS) is 11.2. The van der Waals surface area contributed by atoms with Gasteiger partial charge in [0, 0.05) is 17.6 Å². The number of nitrogens with zero attached hydrogens (tertiary/aromatic N) is 2. The van der Waals surface area contributed by atoms with Gasteiger partial charge in [0.25, 0.3) is 11.1 Å². The van der Waals surface area contributed by atoms with E-state index in [0.717, 1.165) is 16.7 Å². The number of nitrogens with one attached hydrogen (secondary N) is 2. The van der Waals surface area contributed by atoms with Gasteiger partial charge in [0.1, 0.15) is 18.2 Å². The quantitative estimate of drug-likeness (QED) is 0.171. The summed E-state index contributed by atoms with van der Waals surface area (Å²) in [4.78, 5) is 27.3. The first kappa shape index (κ1) is 29.2. The van der Waals surface area contributed by atoms with Crippen LogP contribution in [0.5, 0.6) is 5.75 Å². The summed E-state index contributed by atoms with van der Waals surface area (Å²) in [5, 5.41) is 7.49. The molecule has 2 N–H and O–H groups in total. The molecule has 0 fully saturated rings. The van der Waals surface area contributed by atoms with Crippen LogP contribution in [0.15, 0.2) is 119 Å². The number of aromatic nitrogens is 3. The minimum absolute atomic E-state index is 0.243. The Morgan fingerprint density at radius 3 is 2.32 bits per heavy atom. The van der Waals surface area contributed by atoms with Crippen molar-refractivity contribution in [3.8, 4) is 11.4 Å². The Morgan fingerprint density at radius 1 is 0.818 bits per heavy atom. The Kier molecular flexibility index (Phi) is 8.72. The zero-order valence-corrected chi connectivity index (χ0v) is 24.6. The molecule has 6 aromatic rings. The van der Waals surface area contributed by atoms with E-state index in [1.165, 1.54) is 22.9 Å². The van der Waals surface area contributed by atoms with Crippen LogP contribution in [0, 0.1) is 5.82 Å². The molecule has 0 spiro atoms. The van der Waals surface area contributed by atoms with Crippen molar-refractivity contribution in [2.45, 2.75) is 26.1 Å². The van der Waals surface area contributed by atoms with Crippen LogP contribution in [0.1, 0.15) is 22.4 Å². The summed E-state index contributed by atoms with van der Waals surface area (Å²) in [6.45, 7) is 1.49. The number of benzene rings is 4. The van der Waals surface area contributed by atoms with Gasteiger partial charge in [-0.1, -0.05) is 66.2 Å². The van der Waals surface area contributed by atoms with Gasteiger partial charge in [-0.2, -0.15) is 0 Å². The summed E-state index contributed by atoms with van der Waals surface area (Å²) < 4.78 is 22.6. The third-order valence-electron chi connectivity index (χ3n) is 7.44. The van der Waals surface area contributed by atoms with Crippen molar-refractivity contribution in [2.24, 2.45) is 0 Å². The molecule has 4 aromatic carbocycles. The number of pyridine rings is 1. The Hall–Kier alpha value is -4.92. The smallest absolute Gasteiger partial charge is 0.280 e. The topological polar surface area (TPSA) is 81.0 Å². The van der Waals surface area contributed by atoms with Crippen molar-refractivity contribution >= 4 is 22.5 Å². The number of hydrogen-bond donors (Lipinski definition) is 2. The maximum absolute atomic E-state index is 13.9. The van der Waals surface area contributed by atoms with E-state index >= 15 is 0 Å². The van der Waals surface area contributed by atoms with Gasteiger partial charge in [-0.25, -0.2) is 9.07 Å². The lowest BCUT2D eigenvalue weighted by molar-refractivity contribution is 0.306. The van der Waals surface area contributed by atoms with Gasteiger partial charge >= 0.3 is 0 Å². The molecule has 7 nitrogen and oxygen atoms in total. The highest BCUT2D eigenvalue weighted by Gasteiger charge is 2.18. The van der Waals surface area contributed by atoms with Crippen LogP contribution in [-0.4, -0.2) is 20.9 Å². The molecule has 0 radical (unpaired) electrons. The van der Waals surface area contributed by atoms with Crippen molar-refractivity contribution in [3.63, 3.8) is 0 Å². The van der Waals surface area contributed by atoms with Crippen molar-refractivity contribution in [1.82, 2.24) is 19.7 Å². The van der Waals surface area contributed by atoms with Crippen LogP contribution in [0.3, 0.4) is 0 Å². The first-order chi connectivity index (χ1) is 21.4. The second-order valence-electron chi connectivity index (χ2n) is 10.5. The number of fused-ring (bicyclic) bond motifs is 1. The van der Waals surface area contributed by atoms with Crippen LogP contribution in [0.25, 0.3) is 16.6 Å². The summed E-state index contributed by atoms with van der Waals surface area (Å²) in [7, 11) is 0. The summed E-state index contributed by atoms with van der Waals surface area (Å²) in [5.74, 6) is 0.389. The highest BCUT2D eigenvalue weighted by molar-refractivity contribution is 6.30. The van der Waals surface area contributed by atoms with Crippen LogP contribution >= 0.6 is 11.6 Å². The summed E-state index contributed by atoms with van der Waals surface area (Å²) in [6.07, 6.45) is 0.589. The molecule has 0 aliphatic carbocycles. The number of hydrogen-bond acceptors (Lipinski definition) is 4. The highest BCUT2D eigenvalue weighted by Crippen LogP contribution is 2.19. The Bertz CT molecular complexity index is 2000. The molecule has 0 saturated heterocycles. The molecule has 222 valence electrons. The van der Waals surface area contributed by atoms with E-state index in [-0.39, 0.29) is 30.0 Å². The second-order valence-corrected chi connectivity index (χ2v) is 10.9. The van der Waals surface area contributed by atoms with E-state index < -0.39 is 0 Å². The molecule has 0 atom stereocenters. The second kappa shape index (κ2) is 13.2. The van der Waals surface area contributed by atoms with Gasteiger partial charge in [0.15, 0.2) is 0 Å². The van der Waals surface area contributed by atoms with E-state index in [1.54, 1.807) is 34.9 Å². The third-order valence-corrected chi connectivity index (χ3v) is 7.69. The standard InChI is InChI=1S/C35H30ClFN4O3/c36-27-11-9-25(10-12-27)22-40-32(21-38-18-17-24-7-4-8-28(37)19-24)34-31(20-33(40)42)39-41(35(34)43)29-13-15-30(16-14-29)44-23-26-5-2-1-3-6-26/h1-16,19-20,38-39H,17-18,21-23H2. The maximum Gasteiger partial charge on any atom is 0.280 e. The van der Waals surface area contributed by atoms with Crippen LogP contribution in [0.4, 0.5) is 4.39 Å². The third kappa shape index (κ3) is 6.67. The molecule has 9 heteroatoms. The lowest BCUT2D eigenvalue weighted by Crippen LogP contribution is -2.29. The lowest BCUT2D eigenvalue weighted by atomic mass is 10.1. The van der Waals surface area contributed by atoms with Gasteiger partial charge in [-0.3, -0.25) is 14.7 Å². The number of ether oxygens (including phenoxy) is 1. The largest absolute Gasteiger partial charge is 0.489 e. The molecule has 2 aromatic heterocycles. The molecule has 2 heterocycles. The average molecular weight is 609 g/mol. The first-order valence-electron chi connectivity index (χ1n) is 14.3. The minimum atomic E-state index is -0.285. The zero-order valence-electron chi connectivity index (χ0n) is 23.8. The van der Waals surface area contributed by atoms with E-state index in [0.29, 0.717) is 52.6 Å². The van der Waals surface area contributed by atoms with E-state index in [9.17, 15) is 14.0 Å². The molecular weight excluding hydrogens is 579 g/mol. The van der Waals surface area contributed by atoms with Crippen molar-refractivity contribution in [1.29, 1.82) is 0 Å². The Morgan fingerprint density at radius 2 is 1.57 bits per heavy atom. The summed E-state index contributed by atoms with van der Waals surface area (Å²) >= 11 is 6.08. The summed E-state index contributed by atoms with van der Waals surface area (Å²) in [6, 6.07) is 32.3. The lowest BCUT2D eigenvalue weighted by Gasteiger charge is -2.15. The van der Waals surface area contributed by atoms with Crippen molar-refractivity contribution in [3.05, 3.63) is 163 Å². The van der Waals surface area contributed by atoms with Crippen LogP contribution < -0.4 is 21.2 Å². The fourth-order valence-corrected chi connectivity index (χ4v) is 5.31. The highest BCUT2D eigenvalue weighted by atomic mass is 35.5. The maximum atomic E-state index is 13.9. The average Bonchev–Trinajstić information content (AvgIpc) is 3.36. The molecule has 0 aliphatic rings. The number of aromatic amines is 1. The van der Waals surface area contributed by atoms with Crippen molar-refractivity contribution < 1.29 is 9.13 Å². The fourth-order valence-electron chi connectivity index (χ4n) is 5.18. The SMILES string of the molecule is O=c1c2c(CNCCc3cccc(F)c3)n(Cc3ccc(Cl)cc3)c(=O)cc2[nH]n1-c1ccc(OCc2ccccc2)cc1. The Balaban J connectivity index is 1.30. The Labute approximate surface area is 258 Å². The van der Waals surface area contributed by atoms with Crippen LogP contribution in [0.2, 0.25) is 5.02 Å². The van der Waals surface area contributed by atoms with E-state index in [1.807, 2.05) is 60.7 Å². The van der Waals surface area contributed by atoms with E-state index in [4.69, 9.17) is 16.3 Å². The minimum Gasteiger partial charge on any atom is -0.489 e. The fraction of sp³-hybridized carbons (Fsp3) is 0.143. The number of rotatable bonds is 11. The zero-order chi connectivity index (χ0) is 30.5. The number of halogens is 2. The monoisotopic (exact) mass is 608 g/mol. The molecule has 0 unspecified atom stereocenters. The predicted octanol–water partition coefficient (Wildman–Crippen LogP) is 6.23. The van der Waals surface area contributed by atoms with Gasteiger partial charge in [0.05, 0.1) is 28.8 Å². The van der Waals surface area contributed by atoms with Crippen molar-refractivity contribution in [2.75, 3.05) is 6.54 Å². The number of H-pyrrole nitrogens is 1. The van der Waals surface area contributed by atoms with Gasteiger partial charge < -0.3 is 14.6 Å². The van der Waals surface area contributed by atoms with Gasteiger partial charge in [0.2, 0.25) is 0 Å². The van der Waals surface area contributed by atoms with Gasteiger partial charge in [-0.15, -0.1) is 0 Å². The predicted molar refractivity (Wildman–Crippen MR) is 171 cm³/mol. The van der Waals surface area contributed by atoms with Crippen LogP contribution in [-0.2, 0) is 26.1 Å². The molecule has 0 aliphatic heterocycles.